The second-order valence-corrected chi connectivity index (χ2v) is 6.24. The van der Waals surface area contributed by atoms with E-state index in [1.165, 1.54) is 24.4 Å². The Morgan fingerprint density at radius 1 is 1.44 bits per heavy atom. The molecule has 0 saturated heterocycles. The standard InChI is InChI=1S/C11H18ClN3S/c1-7(2)8(3)15(9-4-5-9)6-10-11(12)16-14-13-10/h7-9H,4-6H2,1-3H3/t8-/m0/s1. The van der Waals surface area contributed by atoms with Crippen LogP contribution in [0, 0.1) is 5.92 Å². The average molecular weight is 260 g/mol. The lowest BCUT2D eigenvalue weighted by Gasteiger charge is -2.31. The molecule has 1 fully saturated rings. The largest absolute Gasteiger partial charge is 0.291 e. The maximum absolute atomic E-state index is 6.06. The molecular weight excluding hydrogens is 242 g/mol. The monoisotopic (exact) mass is 259 g/mol. The molecule has 1 aliphatic rings. The van der Waals surface area contributed by atoms with E-state index in [0.29, 0.717) is 12.0 Å². The lowest BCUT2D eigenvalue weighted by Crippen LogP contribution is -2.38. The summed E-state index contributed by atoms with van der Waals surface area (Å²) in [6.45, 7) is 7.66. The second-order valence-electron chi connectivity index (χ2n) is 4.88. The van der Waals surface area contributed by atoms with Crippen molar-refractivity contribution in [1.82, 2.24) is 14.5 Å². The minimum absolute atomic E-state index is 0.574. The summed E-state index contributed by atoms with van der Waals surface area (Å²) in [7, 11) is 0. The van der Waals surface area contributed by atoms with E-state index in [1.54, 1.807) is 0 Å². The van der Waals surface area contributed by atoms with E-state index < -0.39 is 0 Å². The fourth-order valence-electron chi connectivity index (χ4n) is 1.86. The Kier molecular flexibility index (Phi) is 3.82. The molecule has 0 unspecified atom stereocenters. The van der Waals surface area contributed by atoms with E-state index in [-0.39, 0.29) is 0 Å². The Bertz CT molecular complexity index is 349. The number of halogens is 1. The van der Waals surface area contributed by atoms with Crippen LogP contribution in [-0.4, -0.2) is 26.6 Å². The second kappa shape index (κ2) is 4.98. The van der Waals surface area contributed by atoms with Crippen LogP contribution in [0.15, 0.2) is 0 Å². The maximum Gasteiger partial charge on any atom is 0.138 e. The van der Waals surface area contributed by atoms with Crippen molar-refractivity contribution < 1.29 is 0 Å². The van der Waals surface area contributed by atoms with Gasteiger partial charge in [0.05, 0.1) is 0 Å². The minimum atomic E-state index is 0.574. The van der Waals surface area contributed by atoms with Crippen LogP contribution in [0.5, 0.6) is 0 Å². The highest BCUT2D eigenvalue weighted by Gasteiger charge is 2.34. The van der Waals surface area contributed by atoms with Gasteiger partial charge in [0, 0.05) is 30.2 Å². The van der Waals surface area contributed by atoms with E-state index in [0.717, 1.165) is 22.6 Å². The van der Waals surface area contributed by atoms with E-state index in [2.05, 4.69) is 35.3 Å². The fraction of sp³-hybridized carbons (Fsp3) is 0.818. The van der Waals surface area contributed by atoms with Gasteiger partial charge in [-0.05, 0) is 25.7 Å². The van der Waals surface area contributed by atoms with Crippen molar-refractivity contribution in [3.05, 3.63) is 10.0 Å². The maximum atomic E-state index is 6.06. The first-order valence-electron chi connectivity index (χ1n) is 5.82. The number of nitrogens with zero attached hydrogens (tertiary/aromatic N) is 3. The Morgan fingerprint density at radius 2 is 2.12 bits per heavy atom. The molecule has 2 rings (SSSR count). The van der Waals surface area contributed by atoms with Gasteiger partial charge in [-0.25, -0.2) is 0 Å². The van der Waals surface area contributed by atoms with Crippen molar-refractivity contribution in [3.8, 4) is 0 Å². The Balaban J connectivity index is 2.06. The van der Waals surface area contributed by atoms with E-state index in [4.69, 9.17) is 11.6 Å². The molecule has 0 N–H and O–H groups in total. The van der Waals surface area contributed by atoms with Crippen molar-refractivity contribution in [1.29, 1.82) is 0 Å². The van der Waals surface area contributed by atoms with E-state index in [9.17, 15) is 0 Å². The topological polar surface area (TPSA) is 29.0 Å². The molecule has 16 heavy (non-hydrogen) atoms. The molecule has 1 atom stereocenters. The van der Waals surface area contributed by atoms with Gasteiger partial charge in [-0.3, -0.25) is 4.90 Å². The van der Waals surface area contributed by atoms with Gasteiger partial charge in [0.15, 0.2) is 0 Å². The summed E-state index contributed by atoms with van der Waals surface area (Å²) in [6.07, 6.45) is 2.62. The molecule has 1 saturated carbocycles. The Labute approximate surface area is 106 Å². The highest BCUT2D eigenvalue weighted by atomic mass is 35.5. The number of hydrogen-bond acceptors (Lipinski definition) is 4. The van der Waals surface area contributed by atoms with Gasteiger partial charge in [-0.2, -0.15) is 0 Å². The first kappa shape index (κ1) is 12.3. The molecule has 1 aromatic heterocycles. The summed E-state index contributed by atoms with van der Waals surface area (Å²) >= 11 is 7.34. The van der Waals surface area contributed by atoms with Crippen LogP contribution in [0.25, 0.3) is 0 Å². The van der Waals surface area contributed by atoms with Crippen LogP contribution in [0.4, 0.5) is 0 Å². The average Bonchev–Trinajstić information content (AvgIpc) is 2.99. The van der Waals surface area contributed by atoms with Crippen molar-refractivity contribution in [3.63, 3.8) is 0 Å². The molecule has 1 heterocycles. The predicted octanol–water partition coefficient (Wildman–Crippen LogP) is 3.20. The van der Waals surface area contributed by atoms with Gasteiger partial charge in [0.2, 0.25) is 0 Å². The number of aromatic nitrogens is 2. The third-order valence-electron chi connectivity index (χ3n) is 3.35. The van der Waals surface area contributed by atoms with Crippen LogP contribution in [-0.2, 0) is 6.54 Å². The quantitative estimate of drug-likeness (QED) is 0.813. The molecule has 5 heteroatoms. The molecular formula is C11H18ClN3S. The van der Waals surface area contributed by atoms with Gasteiger partial charge in [0.25, 0.3) is 0 Å². The molecule has 0 aliphatic heterocycles. The first-order valence-corrected chi connectivity index (χ1v) is 6.97. The molecule has 0 amide bonds. The Hall–Kier alpha value is -0.190. The molecule has 0 radical (unpaired) electrons. The number of hydrogen-bond donors (Lipinski definition) is 0. The van der Waals surface area contributed by atoms with Gasteiger partial charge in [-0.1, -0.05) is 29.9 Å². The van der Waals surface area contributed by atoms with Crippen LogP contribution < -0.4 is 0 Å². The van der Waals surface area contributed by atoms with Gasteiger partial charge >= 0.3 is 0 Å². The van der Waals surface area contributed by atoms with Gasteiger partial charge in [0.1, 0.15) is 10.0 Å². The minimum Gasteiger partial charge on any atom is -0.291 e. The lowest BCUT2D eigenvalue weighted by atomic mass is 10.0. The summed E-state index contributed by atoms with van der Waals surface area (Å²) < 4.78 is 4.63. The fourth-order valence-corrected chi connectivity index (χ4v) is 2.47. The molecule has 0 aromatic carbocycles. The summed E-state index contributed by atoms with van der Waals surface area (Å²) in [5, 5.41) is 4.10. The highest BCUT2D eigenvalue weighted by Crippen LogP contribution is 2.33. The molecule has 3 nitrogen and oxygen atoms in total. The number of rotatable bonds is 5. The van der Waals surface area contributed by atoms with Crippen LogP contribution >= 0.6 is 23.1 Å². The van der Waals surface area contributed by atoms with Crippen molar-refractivity contribution >= 4 is 23.1 Å². The molecule has 90 valence electrons. The SMILES string of the molecule is CC(C)[C@H](C)N(Cc1nnsc1Cl)C1CC1. The smallest absolute Gasteiger partial charge is 0.138 e. The van der Waals surface area contributed by atoms with E-state index in [1.807, 2.05) is 0 Å². The molecule has 1 aliphatic carbocycles. The molecule has 1 aromatic rings. The van der Waals surface area contributed by atoms with Crippen LogP contribution in [0.3, 0.4) is 0 Å². The third kappa shape index (κ3) is 2.73. The summed E-state index contributed by atoms with van der Waals surface area (Å²) in [5.74, 6) is 0.658. The summed E-state index contributed by atoms with van der Waals surface area (Å²) in [4.78, 5) is 2.52. The van der Waals surface area contributed by atoms with Crippen molar-refractivity contribution in [2.45, 2.75) is 52.2 Å². The first-order chi connectivity index (χ1) is 7.59. The third-order valence-corrected chi connectivity index (χ3v) is 4.33. The molecule has 0 bridgehead atoms. The van der Waals surface area contributed by atoms with E-state index >= 15 is 0 Å². The normalized spacial score (nSPS) is 18.4. The lowest BCUT2D eigenvalue weighted by molar-refractivity contribution is 0.148. The van der Waals surface area contributed by atoms with Gasteiger partial charge in [-0.15, -0.1) is 5.10 Å². The summed E-state index contributed by atoms with van der Waals surface area (Å²) in [6, 6.07) is 1.31. The van der Waals surface area contributed by atoms with Crippen LogP contribution in [0.1, 0.15) is 39.3 Å². The van der Waals surface area contributed by atoms with Crippen molar-refractivity contribution in [2.75, 3.05) is 0 Å². The zero-order valence-electron chi connectivity index (χ0n) is 9.98. The predicted molar refractivity (Wildman–Crippen MR) is 67.8 cm³/mol. The molecule has 0 spiro atoms. The van der Waals surface area contributed by atoms with Crippen molar-refractivity contribution in [2.24, 2.45) is 5.92 Å². The highest BCUT2D eigenvalue weighted by molar-refractivity contribution is 7.10. The summed E-state index contributed by atoms with van der Waals surface area (Å²) in [5.41, 5.74) is 0.936. The zero-order chi connectivity index (χ0) is 11.7. The van der Waals surface area contributed by atoms with Crippen LogP contribution in [0.2, 0.25) is 4.34 Å². The van der Waals surface area contributed by atoms with Gasteiger partial charge < -0.3 is 0 Å². The Morgan fingerprint density at radius 3 is 2.56 bits per heavy atom. The zero-order valence-corrected chi connectivity index (χ0v) is 11.6.